The van der Waals surface area contributed by atoms with Crippen LogP contribution in [-0.2, 0) is 4.79 Å². The quantitative estimate of drug-likeness (QED) is 0.771. The highest BCUT2D eigenvalue weighted by atomic mass is 16.1. The van der Waals surface area contributed by atoms with Crippen LogP contribution in [0.4, 0.5) is 0 Å². The molecule has 3 rings (SSSR count). The fourth-order valence-corrected chi connectivity index (χ4v) is 2.34. The van der Waals surface area contributed by atoms with Crippen LogP contribution in [0.3, 0.4) is 0 Å². The number of ketones is 1. The average Bonchev–Trinajstić information content (AvgIpc) is 2.72. The zero-order chi connectivity index (χ0) is 11.0. The summed E-state index contributed by atoms with van der Waals surface area (Å²) in [4.78, 5) is 14.7. The number of carbonyl (C=O) groups excluding carboxylic acids is 1. The molecule has 2 nitrogen and oxygen atoms in total. The van der Waals surface area contributed by atoms with Crippen LogP contribution in [0.2, 0.25) is 0 Å². The summed E-state index contributed by atoms with van der Waals surface area (Å²) in [6.07, 6.45) is 6.50. The number of carbonyl (C=O) groups is 1. The third-order valence-electron chi connectivity index (χ3n) is 3.14. The Labute approximate surface area is 94.0 Å². The van der Waals surface area contributed by atoms with Crippen LogP contribution in [0.15, 0.2) is 36.5 Å². The highest BCUT2D eigenvalue weighted by molar-refractivity contribution is 6.02. The summed E-state index contributed by atoms with van der Waals surface area (Å²) in [7, 11) is 0. The summed E-state index contributed by atoms with van der Waals surface area (Å²) < 4.78 is 0. The number of aromatic amines is 1. The molecule has 0 bridgehead atoms. The van der Waals surface area contributed by atoms with Crippen molar-refractivity contribution in [2.24, 2.45) is 0 Å². The van der Waals surface area contributed by atoms with Crippen LogP contribution in [0.5, 0.6) is 0 Å². The molecule has 2 aromatic rings. The molecule has 2 heteroatoms. The van der Waals surface area contributed by atoms with E-state index in [1.807, 2.05) is 18.3 Å². The summed E-state index contributed by atoms with van der Waals surface area (Å²) in [6.45, 7) is 0. The first-order valence-electron chi connectivity index (χ1n) is 5.64. The second-order valence-corrected chi connectivity index (χ2v) is 4.24. The van der Waals surface area contributed by atoms with Crippen molar-refractivity contribution in [2.75, 3.05) is 0 Å². The summed E-state index contributed by atoms with van der Waals surface area (Å²) >= 11 is 0. The van der Waals surface area contributed by atoms with E-state index in [1.54, 1.807) is 6.08 Å². The van der Waals surface area contributed by atoms with E-state index in [-0.39, 0.29) is 5.78 Å². The lowest BCUT2D eigenvalue weighted by atomic mass is 9.93. The zero-order valence-electron chi connectivity index (χ0n) is 8.99. The van der Waals surface area contributed by atoms with Crippen molar-refractivity contribution in [3.8, 4) is 0 Å². The van der Waals surface area contributed by atoms with E-state index in [0.29, 0.717) is 6.42 Å². The molecule has 0 amide bonds. The first kappa shape index (κ1) is 9.40. The van der Waals surface area contributed by atoms with E-state index in [9.17, 15) is 4.79 Å². The molecule has 16 heavy (non-hydrogen) atoms. The normalized spacial score (nSPS) is 16.5. The second kappa shape index (κ2) is 3.63. The van der Waals surface area contributed by atoms with Gasteiger partial charge in [0.2, 0.25) is 0 Å². The summed E-state index contributed by atoms with van der Waals surface area (Å²) in [6, 6.07) is 8.21. The molecule has 1 aromatic carbocycles. The van der Waals surface area contributed by atoms with Crippen molar-refractivity contribution < 1.29 is 4.79 Å². The highest BCUT2D eigenvalue weighted by Crippen LogP contribution is 2.30. The summed E-state index contributed by atoms with van der Waals surface area (Å²) in [5.41, 5.74) is 3.49. The molecule has 1 aliphatic carbocycles. The molecule has 0 saturated heterocycles. The SMILES string of the molecule is O=C1C=C(c2c[nH]c3ccccc23)CCC1. The van der Waals surface area contributed by atoms with Gasteiger partial charge in [-0.25, -0.2) is 0 Å². The Kier molecular flexibility index (Phi) is 2.13. The number of nitrogens with one attached hydrogen (secondary N) is 1. The zero-order valence-corrected chi connectivity index (χ0v) is 8.99. The number of benzene rings is 1. The number of para-hydroxylation sites is 1. The van der Waals surface area contributed by atoms with E-state index < -0.39 is 0 Å². The monoisotopic (exact) mass is 211 g/mol. The maximum Gasteiger partial charge on any atom is 0.155 e. The number of hydrogen-bond acceptors (Lipinski definition) is 1. The molecule has 0 saturated carbocycles. The highest BCUT2D eigenvalue weighted by Gasteiger charge is 2.14. The molecule has 0 spiro atoms. The minimum Gasteiger partial charge on any atom is -0.361 e. The molecule has 0 radical (unpaired) electrons. The average molecular weight is 211 g/mol. The van der Waals surface area contributed by atoms with Gasteiger partial charge in [-0.2, -0.15) is 0 Å². The van der Waals surface area contributed by atoms with E-state index in [4.69, 9.17) is 0 Å². The van der Waals surface area contributed by atoms with E-state index in [1.165, 1.54) is 16.5 Å². The van der Waals surface area contributed by atoms with Crippen LogP contribution in [0, 0.1) is 0 Å². The Balaban J connectivity index is 2.15. The maximum absolute atomic E-state index is 11.4. The van der Waals surface area contributed by atoms with Gasteiger partial charge in [0.15, 0.2) is 5.78 Å². The molecule has 1 N–H and O–H groups in total. The second-order valence-electron chi connectivity index (χ2n) is 4.24. The fourth-order valence-electron chi connectivity index (χ4n) is 2.34. The lowest BCUT2D eigenvalue weighted by Crippen LogP contribution is -2.01. The lowest BCUT2D eigenvalue weighted by Gasteiger charge is -2.10. The van der Waals surface area contributed by atoms with Gasteiger partial charge >= 0.3 is 0 Å². The van der Waals surface area contributed by atoms with Crippen LogP contribution in [-0.4, -0.2) is 10.8 Å². The van der Waals surface area contributed by atoms with Crippen molar-refractivity contribution >= 4 is 22.3 Å². The Morgan fingerprint density at radius 2 is 2.00 bits per heavy atom. The van der Waals surface area contributed by atoms with Crippen LogP contribution >= 0.6 is 0 Å². The number of allylic oxidation sites excluding steroid dienone is 2. The van der Waals surface area contributed by atoms with Gasteiger partial charge in [-0.1, -0.05) is 18.2 Å². The summed E-state index contributed by atoms with van der Waals surface area (Å²) in [5.74, 6) is 0.256. The predicted octanol–water partition coefficient (Wildman–Crippen LogP) is 3.30. The first-order chi connectivity index (χ1) is 7.84. The van der Waals surface area contributed by atoms with Crippen molar-refractivity contribution in [3.05, 3.63) is 42.1 Å². The van der Waals surface area contributed by atoms with Crippen molar-refractivity contribution in [1.29, 1.82) is 0 Å². The Morgan fingerprint density at radius 3 is 2.88 bits per heavy atom. The topological polar surface area (TPSA) is 32.9 Å². The van der Waals surface area contributed by atoms with Gasteiger partial charge in [-0.05, 0) is 30.6 Å². The lowest BCUT2D eigenvalue weighted by molar-refractivity contribution is -0.114. The Hall–Kier alpha value is -1.83. The molecule has 0 aliphatic heterocycles. The maximum atomic E-state index is 11.4. The van der Waals surface area contributed by atoms with Crippen molar-refractivity contribution in [3.63, 3.8) is 0 Å². The number of aromatic nitrogens is 1. The fraction of sp³-hybridized carbons (Fsp3) is 0.214. The number of rotatable bonds is 1. The van der Waals surface area contributed by atoms with Gasteiger partial charge in [0.25, 0.3) is 0 Å². The van der Waals surface area contributed by atoms with Crippen molar-refractivity contribution in [1.82, 2.24) is 4.98 Å². The van der Waals surface area contributed by atoms with Gasteiger partial charge in [-0.15, -0.1) is 0 Å². The molecule has 1 aliphatic rings. The number of fused-ring (bicyclic) bond motifs is 1. The van der Waals surface area contributed by atoms with Gasteiger partial charge in [-0.3, -0.25) is 4.79 Å². The Bertz CT molecular complexity index is 577. The van der Waals surface area contributed by atoms with E-state index >= 15 is 0 Å². The van der Waals surface area contributed by atoms with Crippen LogP contribution in [0.1, 0.15) is 24.8 Å². The van der Waals surface area contributed by atoms with Crippen LogP contribution in [0.25, 0.3) is 16.5 Å². The predicted molar refractivity (Wildman–Crippen MR) is 65.1 cm³/mol. The third kappa shape index (κ3) is 1.47. The smallest absolute Gasteiger partial charge is 0.155 e. The minimum atomic E-state index is 0.256. The first-order valence-corrected chi connectivity index (χ1v) is 5.64. The molecule has 80 valence electrons. The molecule has 1 heterocycles. The van der Waals surface area contributed by atoms with Gasteiger partial charge in [0, 0.05) is 29.1 Å². The largest absolute Gasteiger partial charge is 0.361 e. The summed E-state index contributed by atoms with van der Waals surface area (Å²) in [5, 5.41) is 1.21. The van der Waals surface area contributed by atoms with Gasteiger partial charge in [0.1, 0.15) is 0 Å². The Morgan fingerprint density at radius 1 is 1.12 bits per heavy atom. The van der Waals surface area contributed by atoms with E-state index in [2.05, 4.69) is 17.1 Å². The molecular weight excluding hydrogens is 198 g/mol. The third-order valence-corrected chi connectivity index (χ3v) is 3.14. The number of H-pyrrole nitrogens is 1. The number of hydrogen-bond donors (Lipinski definition) is 1. The molecule has 1 aromatic heterocycles. The van der Waals surface area contributed by atoms with Gasteiger partial charge < -0.3 is 4.98 Å². The van der Waals surface area contributed by atoms with Crippen LogP contribution < -0.4 is 0 Å². The molecular formula is C14H13NO. The van der Waals surface area contributed by atoms with Gasteiger partial charge in [0.05, 0.1) is 0 Å². The van der Waals surface area contributed by atoms with E-state index in [0.717, 1.165) is 18.4 Å². The minimum absolute atomic E-state index is 0.256. The molecule has 0 fully saturated rings. The molecule has 0 unspecified atom stereocenters. The van der Waals surface area contributed by atoms with Crippen molar-refractivity contribution in [2.45, 2.75) is 19.3 Å². The molecule has 0 atom stereocenters. The standard InChI is InChI=1S/C14H13NO/c16-11-5-3-4-10(8-11)13-9-15-14-7-2-1-6-12(13)14/h1-2,6-9,15H,3-5H2.